The molecule has 0 N–H and O–H groups in total. The Morgan fingerprint density at radius 2 is 0.889 bits per heavy atom. The summed E-state index contributed by atoms with van der Waals surface area (Å²) in [5, 5.41) is 0. The zero-order chi connectivity index (χ0) is 20.8. The van der Waals surface area contributed by atoms with Gasteiger partial charge in [-0.15, -0.1) is 13.2 Å². The number of hydrogen-bond donors (Lipinski definition) is 0. The Morgan fingerprint density at radius 3 is 1.22 bits per heavy atom. The van der Waals surface area contributed by atoms with Gasteiger partial charge in [0.25, 0.3) is 0 Å². The zero-order valence-electron chi connectivity index (χ0n) is 19.4. The van der Waals surface area contributed by atoms with E-state index in [1.54, 1.807) is 0 Å². The van der Waals surface area contributed by atoms with E-state index in [1.165, 1.54) is 63.5 Å². The van der Waals surface area contributed by atoms with Crippen molar-refractivity contribution in [1.29, 1.82) is 0 Å². The van der Waals surface area contributed by atoms with Crippen LogP contribution in [0, 0.1) is 0 Å². The van der Waals surface area contributed by atoms with Gasteiger partial charge in [0.1, 0.15) is 0 Å². The third-order valence-electron chi connectivity index (χ3n) is 4.92. The third-order valence-corrected chi connectivity index (χ3v) is 16.4. The topological polar surface area (TPSA) is 18.5 Å². The lowest BCUT2D eigenvalue weighted by Crippen LogP contribution is -2.52. The average molecular weight is 429 g/mol. The fourth-order valence-corrected chi connectivity index (χ4v) is 18.0. The van der Waals surface area contributed by atoms with Crippen LogP contribution in [0.5, 0.6) is 0 Å². The molecule has 0 amide bonds. The van der Waals surface area contributed by atoms with Gasteiger partial charge in [-0.3, -0.25) is 0 Å². The first-order chi connectivity index (χ1) is 12.5. The van der Waals surface area contributed by atoms with Crippen molar-refractivity contribution < 1.29 is 8.23 Å². The van der Waals surface area contributed by atoms with E-state index >= 15 is 0 Å². The molecule has 0 bridgehead atoms. The lowest BCUT2D eigenvalue weighted by atomic mass is 10.1. The molecule has 0 atom stereocenters. The molecule has 27 heavy (non-hydrogen) atoms. The summed E-state index contributed by atoms with van der Waals surface area (Å²) < 4.78 is 13.4. The van der Waals surface area contributed by atoms with E-state index in [-0.39, 0.29) is 0 Å². The summed E-state index contributed by atoms with van der Waals surface area (Å²) in [7, 11) is -5.30. The van der Waals surface area contributed by atoms with Crippen LogP contribution in [0.25, 0.3) is 0 Å². The maximum absolute atomic E-state index is 6.71. The van der Waals surface area contributed by atoms with Crippen LogP contribution in [-0.2, 0) is 8.23 Å². The van der Waals surface area contributed by atoms with Gasteiger partial charge >= 0.3 is 8.56 Å². The van der Waals surface area contributed by atoms with E-state index < -0.39 is 25.2 Å². The van der Waals surface area contributed by atoms with Crippen molar-refractivity contribution in [1.82, 2.24) is 0 Å². The molecule has 2 nitrogen and oxygen atoms in total. The molecular formula is C22H48O2Si3. The smallest absolute Gasteiger partial charge is 0.311 e. The van der Waals surface area contributed by atoms with Gasteiger partial charge in [0.2, 0.25) is 0 Å². The molecule has 0 saturated carbocycles. The Kier molecular flexibility index (Phi) is 14.1. The normalized spacial score (nSPS) is 13.0. The van der Waals surface area contributed by atoms with E-state index in [4.69, 9.17) is 8.23 Å². The minimum atomic E-state index is -2.04. The minimum absolute atomic E-state index is 1.15. The number of rotatable bonds is 18. The molecule has 0 aliphatic carbocycles. The molecule has 0 spiro atoms. The largest absolute Gasteiger partial charge is 0.437 e. The average Bonchev–Trinajstić information content (AvgIpc) is 2.51. The first kappa shape index (κ1) is 27.1. The molecule has 0 fully saturated rings. The monoisotopic (exact) mass is 428 g/mol. The quantitative estimate of drug-likeness (QED) is 0.124. The molecule has 0 aromatic heterocycles. The lowest BCUT2D eigenvalue weighted by molar-refractivity contribution is 0.386. The highest BCUT2D eigenvalue weighted by Crippen LogP contribution is 2.27. The summed E-state index contributed by atoms with van der Waals surface area (Å²) >= 11 is 0. The third kappa shape index (κ3) is 16.7. The summed E-state index contributed by atoms with van der Waals surface area (Å²) in [5.74, 6) is 0. The van der Waals surface area contributed by atoms with Crippen molar-refractivity contribution >= 4 is 25.2 Å². The van der Waals surface area contributed by atoms with E-state index in [0.717, 1.165) is 12.8 Å². The standard InChI is InChI=1S/C22H48O2Si3/c1-9-11-13-15-17-19-21-25(3,4)23-27(7,8)24-26(5,6)22-20-18-16-14-12-10-2/h9-10H,1-2,11-22H2,3-8H3. The molecule has 0 radical (unpaired) electrons. The maximum Gasteiger partial charge on any atom is 0.311 e. The Hall–Kier alpha value is 0.0506. The van der Waals surface area contributed by atoms with Crippen molar-refractivity contribution in [2.45, 2.75) is 116 Å². The zero-order valence-corrected chi connectivity index (χ0v) is 22.4. The van der Waals surface area contributed by atoms with Gasteiger partial charge in [0, 0.05) is 0 Å². The second kappa shape index (κ2) is 14.1. The molecular weight excluding hydrogens is 380 g/mol. The number of allylic oxidation sites excluding steroid dienone is 2. The van der Waals surface area contributed by atoms with Crippen LogP contribution in [0.3, 0.4) is 0 Å². The summed E-state index contributed by atoms with van der Waals surface area (Å²) in [5.41, 5.74) is 0. The molecule has 0 aromatic carbocycles. The van der Waals surface area contributed by atoms with Crippen molar-refractivity contribution in [3.05, 3.63) is 25.3 Å². The van der Waals surface area contributed by atoms with E-state index in [1.807, 2.05) is 12.2 Å². The van der Waals surface area contributed by atoms with Crippen LogP contribution in [0.4, 0.5) is 0 Å². The summed E-state index contributed by atoms with van der Waals surface area (Å²) in [6.07, 6.45) is 16.8. The van der Waals surface area contributed by atoms with Crippen molar-refractivity contribution in [3.63, 3.8) is 0 Å². The van der Waals surface area contributed by atoms with Gasteiger partial charge < -0.3 is 8.23 Å². The van der Waals surface area contributed by atoms with Crippen LogP contribution in [-0.4, -0.2) is 25.2 Å². The number of hydrogen-bond acceptors (Lipinski definition) is 2. The molecule has 0 unspecified atom stereocenters. The van der Waals surface area contributed by atoms with Crippen LogP contribution >= 0.6 is 0 Å². The highest BCUT2D eigenvalue weighted by molar-refractivity contribution is 6.87. The molecule has 0 aliphatic heterocycles. The van der Waals surface area contributed by atoms with E-state index in [0.29, 0.717) is 0 Å². The second-order valence-electron chi connectivity index (χ2n) is 9.61. The minimum Gasteiger partial charge on any atom is -0.437 e. The van der Waals surface area contributed by atoms with Crippen molar-refractivity contribution in [2.24, 2.45) is 0 Å². The predicted octanol–water partition coefficient (Wildman–Crippen LogP) is 8.40. The molecule has 5 heteroatoms. The van der Waals surface area contributed by atoms with Crippen molar-refractivity contribution in [3.8, 4) is 0 Å². The Bertz CT molecular complexity index is 370. The van der Waals surface area contributed by atoms with Gasteiger partial charge in [0.05, 0.1) is 0 Å². The predicted molar refractivity (Wildman–Crippen MR) is 131 cm³/mol. The summed E-state index contributed by atoms with van der Waals surface area (Å²) in [6.45, 7) is 21.6. The highest BCUT2D eigenvalue weighted by Gasteiger charge is 2.39. The summed E-state index contributed by atoms with van der Waals surface area (Å²) in [4.78, 5) is 0. The molecule has 0 aliphatic rings. The first-order valence-electron chi connectivity index (χ1n) is 11.2. The molecule has 160 valence electrons. The Morgan fingerprint density at radius 1 is 0.556 bits per heavy atom. The fraction of sp³-hybridized carbons (Fsp3) is 0.818. The fourth-order valence-electron chi connectivity index (χ4n) is 3.84. The molecule has 0 rings (SSSR count). The van der Waals surface area contributed by atoms with Crippen molar-refractivity contribution in [2.75, 3.05) is 0 Å². The van der Waals surface area contributed by atoms with Gasteiger partial charge in [-0.05, 0) is 77.1 Å². The molecule has 0 saturated heterocycles. The Balaban J connectivity index is 4.21. The molecule has 0 heterocycles. The summed E-state index contributed by atoms with van der Waals surface area (Å²) in [6, 6.07) is 2.51. The van der Waals surface area contributed by atoms with Crippen LogP contribution in [0.2, 0.25) is 51.4 Å². The SMILES string of the molecule is C=CCCCCCC[Si](C)(C)O[Si](C)(C)O[Si](C)(C)CCCCCCC=C. The molecule has 0 aromatic rings. The highest BCUT2D eigenvalue weighted by atomic mass is 28.5. The van der Waals surface area contributed by atoms with Crippen LogP contribution in [0.15, 0.2) is 25.3 Å². The van der Waals surface area contributed by atoms with Gasteiger partial charge in [-0.2, -0.15) is 0 Å². The van der Waals surface area contributed by atoms with Crippen LogP contribution in [0.1, 0.15) is 64.2 Å². The van der Waals surface area contributed by atoms with E-state index in [9.17, 15) is 0 Å². The maximum atomic E-state index is 6.71. The van der Waals surface area contributed by atoms with Gasteiger partial charge in [-0.25, -0.2) is 0 Å². The van der Waals surface area contributed by atoms with E-state index in [2.05, 4.69) is 52.4 Å². The van der Waals surface area contributed by atoms with Gasteiger partial charge in [-0.1, -0.05) is 50.7 Å². The van der Waals surface area contributed by atoms with Crippen LogP contribution < -0.4 is 0 Å². The second-order valence-corrected chi connectivity index (χ2v) is 22.1. The first-order valence-corrected chi connectivity index (χ1v) is 20.2. The lowest BCUT2D eigenvalue weighted by Gasteiger charge is -2.39. The number of unbranched alkanes of at least 4 members (excludes halogenated alkanes) is 8. The van der Waals surface area contributed by atoms with Gasteiger partial charge in [0.15, 0.2) is 16.6 Å². The Labute approximate surface area is 174 Å².